The van der Waals surface area contributed by atoms with Crippen molar-refractivity contribution in [3.63, 3.8) is 0 Å². The number of nitrogens with one attached hydrogen (secondary N) is 1. The summed E-state index contributed by atoms with van der Waals surface area (Å²) < 4.78 is 24.6. The number of carbonyl (C=O) groups excluding carboxylic acids is 1. The van der Waals surface area contributed by atoms with Gasteiger partial charge in [-0.1, -0.05) is 0 Å². The monoisotopic (exact) mass is 376 g/mol. The second kappa shape index (κ2) is 7.36. The van der Waals surface area contributed by atoms with Crippen molar-refractivity contribution in [2.24, 2.45) is 0 Å². The molecule has 4 rings (SSSR count). The Balaban J connectivity index is 1.27. The van der Waals surface area contributed by atoms with Gasteiger partial charge in [-0.2, -0.15) is 8.75 Å². The Morgan fingerprint density at radius 1 is 1.35 bits per heavy atom. The summed E-state index contributed by atoms with van der Waals surface area (Å²) in [7, 11) is 0. The second-order valence-corrected chi connectivity index (χ2v) is 6.87. The van der Waals surface area contributed by atoms with Crippen molar-refractivity contribution in [1.29, 1.82) is 0 Å². The number of hydrogen-bond donors (Lipinski definition) is 1. The van der Waals surface area contributed by atoms with Crippen LogP contribution in [-0.2, 0) is 4.79 Å². The number of benzene rings is 1. The highest BCUT2D eigenvalue weighted by atomic mass is 32.1. The molecule has 0 radical (unpaired) electrons. The number of anilines is 1. The molecule has 2 aliphatic heterocycles. The van der Waals surface area contributed by atoms with Crippen molar-refractivity contribution in [2.75, 3.05) is 24.8 Å². The first kappa shape index (κ1) is 16.9. The van der Waals surface area contributed by atoms with Crippen molar-refractivity contribution in [3.8, 4) is 17.2 Å². The third-order valence-corrected chi connectivity index (χ3v) is 5.01. The van der Waals surface area contributed by atoms with E-state index in [0.29, 0.717) is 17.2 Å². The van der Waals surface area contributed by atoms with Gasteiger partial charge in [-0.15, -0.1) is 0 Å². The number of nitrogens with zero attached hydrogens (tertiary/aromatic N) is 3. The summed E-state index contributed by atoms with van der Waals surface area (Å²) >= 11 is 1.21. The number of fused-ring (bicyclic) bond motifs is 1. The maximum Gasteiger partial charge on any atom is 0.260 e. The quantitative estimate of drug-likeness (QED) is 0.852. The van der Waals surface area contributed by atoms with Crippen LogP contribution in [0.4, 0.5) is 5.82 Å². The molecule has 138 valence electrons. The fourth-order valence-corrected chi connectivity index (χ4v) is 3.51. The van der Waals surface area contributed by atoms with E-state index >= 15 is 0 Å². The Morgan fingerprint density at radius 2 is 2.15 bits per heavy atom. The Morgan fingerprint density at radius 3 is 2.92 bits per heavy atom. The van der Waals surface area contributed by atoms with E-state index in [0.717, 1.165) is 31.7 Å². The molecule has 0 spiro atoms. The molecule has 1 aromatic heterocycles. The van der Waals surface area contributed by atoms with E-state index in [9.17, 15) is 4.79 Å². The van der Waals surface area contributed by atoms with Crippen molar-refractivity contribution >= 4 is 23.5 Å². The predicted molar refractivity (Wildman–Crippen MR) is 95.9 cm³/mol. The molecule has 3 heterocycles. The molecule has 0 aliphatic carbocycles. The van der Waals surface area contributed by atoms with Crippen molar-refractivity contribution in [2.45, 2.75) is 31.9 Å². The minimum atomic E-state index is -0.587. The summed E-state index contributed by atoms with van der Waals surface area (Å²) in [6.45, 7) is 3.67. The molecule has 0 bridgehead atoms. The third-order valence-electron chi connectivity index (χ3n) is 4.54. The molecule has 26 heavy (non-hydrogen) atoms. The molecule has 2 aliphatic rings. The van der Waals surface area contributed by atoms with Crippen molar-refractivity contribution in [3.05, 3.63) is 24.4 Å². The van der Waals surface area contributed by atoms with Crippen LogP contribution in [0.3, 0.4) is 0 Å². The van der Waals surface area contributed by atoms with Gasteiger partial charge in [-0.05, 0) is 31.9 Å². The van der Waals surface area contributed by atoms with E-state index in [-0.39, 0.29) is 18.7 Å². The van der Waals surface area contributed by atoms with Gasteiger partial charge in [-0.3, -0.25) is 4.79 Å². The lowest BCUT2D eigenvalue weighted by Crippen LogP contribution is -2.48. The van der Waals surface area contributed by atoms with Gasteiger partial charge in [-0.25, -0.2) is 0 Å². The Bertz CT molecular complexity index is 762. The smallest absolute Gasteiger partial charge is 0.260 e. The van der Waals surface area contributed by atoms with E-state index in [1.54, 1.807) is 31.3 Å². The molecule has 0 unspecified atom stereocenters. The van der Waals surface area contributed by atoms with Crippen LogP contribution in [0.5, 0.6) is 17.2 Å². The molecule has 0 saturated carbocycles. The highest BCUT2D eigenvalue weighted by Crippen LogP contribution is 2.35. The van der Waals surface area contributed by atoms with Gasteiger partial charge < -0.3 is 24.4 Å². The minimum absolute atomic E-state index is 0.114. The highest BCUT2D eigenvalue weighted by molar-refractivity contribution is 6.99. The second-order valence-electron chi connectivity index (χ2n) is 6.31. The van der Waals surface area contributed by atoms with Crippen LogP contribution >= 0.6 is 11.7 Å². The molecule has 2 aromatic rings. The largest absolute Gasteiger partial charge is 0.481 e. The molecule has 8 nitrogen and oxygen atoms in total. The molecule has 1 saturated heterocycles. The maximum absolute atomic E-state index is 12.4. The summed E-state index contributed by atoms with van der Waals surface area (Å²) in [6.07, 6.45) is 2.95. The van der Waals surface area contributed by atoms with Gasteiger partial charge in [0.25, 0.3) is 5.91 Å². The molecule has 1 aromatic carbocycles. The lowest BCUT2D eigenvalue weighted by atomic mass is 10.0. The number of hydrogen-bond acceptors (Lipinski definition) is 8. The average molecular weight is 376 g/mol. The normalized spacial score (nSPS) is 17.8. The van der Waals surface area contributed by atoms with Gasteiger partial charge in [0.1, 0.15) is 5.75 Å². The van der Waals surface area contributed by atoms with Crippen molar-refractivity contribution in [1.82, 2.24) is 14.1 Å². The Kier molecular flexibility index (Phi) is 4.79. The van der Waals surface area contributed by atoms with Crippen LogP contribution < -0.4 is 24.4 Å². The van der Waals surface area contributed by atoms with Gasteiger partial charge >= 0.3 is 0 Å². The Labute approximate surface area is 155 Å². The average Bonchev–Trinajstić information content (AvgIpc) is 3.33. The predicted octanol–water partition coefficient (Wildman–Crippen LogP) is 1.82. The van der Waals surface area contributed by atoms with Crippen LogP contribution in [0.15, 0.2) is 24.4 Å². The molecular weight excluding hydrogens is 356 g/mol. The minimum Gasteiger partial charge on any atom is -0.481 e. The van der Waals surface area contributed by atoms with E-state index in [1.165, 1.54) is 11.7 Å². The number of amides is 1. The van der Waals surface area contributed by atoms with Gasteiger partial charge in [0.15, 0.2) is 23.4 Å². The molecule has 1 atom stereocenters. The van der Waals surface area contributed by atoms with Gasteiger partial charge in [0, 0.05) is 25.2 Å². The van der Waals surface area contributed by atoms with Crippen LogP contribution in [0, 0.1) is 0 Å². The molecular formula is C17H20N4O4S. The topological polar surface area (TPSA) is 85.8 Å². The lowest BCUT2D eigenvalue weighted by molar-refractivity contribution is -0.128. The zero-order valence-electron chi connectivity index (χ0n) is 14.4. The van der Waals surface area contributed by atoms with Gasteiger partial charge in [0.2, 0.25) is 6.79 Å². The van der Waals surface area contributed by atoms with Gasteiger partial charge in [0.05, 0.1) is 17.9 Å². The number of aromatic nitrogens is 2. The zero-order valence-corrected chi connectivity index (χ0v) is 15.2. The zero-order chi connectivity index (χ0) is 17.9. The first-order valence-electron chi connectivity index (χ1n) is 8.58. The number of rotatable bonds is 5. The van der Waals surface area contributed by atoms with E-state index in [4.69, 9.17) is 14.2 Å². The first-order valence-corrected chi connectivity index (χ1v) is 9.31. The number of piperidine rings is 1. The third kappa shape index (κ3) is 3.67. The summed E-state index contributed by atoms with van der Waals surface area (Å²) in [5.41, 5.74) is 0. The van der Waals surface area contributed by atoms with E-state index in [2.05, 4.69) is 19.0 Å². The van der Waals surface area contributed by atoms with E-state index < -0.39 is 6.10 Å². The lowest BCUT2D eigenvalue weighted by Gasteiger charge is -2.32. The summed E-state index contributed by atoms with van der Waals surface area (Å²) in [5.74, 6) is 2.72. The van der Waals surface area contributed by atoms with Crippen molar-refractivity contribution < 1.29 is 19.0 Å². The summed E-state index contributed by atoms with van der Waals surface area (Å²) in [4.78, 5) is 14.6. The number of carbonyl (C=O) groups is 1. The number of ether oxygens (including phenoxy) is 3. The fourth-order valence-electron chi connectivity index (χ4n) is 3.08. The van der Waals surface area contributed by atoms with Crippen LogP contribution in [0.25, 0.3) is 0 Å². The van der Waals surface area contributed by atoms with Crippen LogP contribution in [-0.4, -0.2) is 46.7 Å². The summed E-state index contributed by atoms with van der Waals surface area (Å²) in [6, 6.07) is 5.45. The summed E-state index contributed by atoms with van der Waals surface area (Å²) in [5, 5.41) is 3.08. The highest BCUT2D eigenvalue weighted by Gasteiger charge is 2.25. The van der Waals surface area contributed by atoms with Crippen LogP contribution in [0.2, 0.25) is 0 Å². The van der Waals surface area contributed by atoms with Crippen LogP contribution in [0.1, 0.15) is 19.8 Å². The molecule has 1 amide bonds. The SMILES string of the molecule is C[C@H](Oc1ccc2c(c1)OCO2)C(=O)NC1CCN(c2cnsn2)CC1. The van der Waals surface area contributed by atoms with E-state index in [1.807, 2.05) is 0 Å². The molecule has 1 fully saturated rings. The first-order chi connectivity index (χ1) is 12.7. The standard InChI is InChI=1S/C17H20N4O4S/c1-11(25-13-2-3-14-15(8-13)24-10-23-14)17(22)19-12-4-6-21(7-5-12)16-9-18-26-20-16/h2-3,8-9,11-12H,4-7,10H2,1H3,(H,19,22)/t11-/m0/s1. The Hall–Kier alpha value is -2.55. The molecule has 9 heteroatoms. The maximum atomic E-state index is 12.4. The molecule has 1 N–H and O–H groups in total. The fraction of sp³-hybridized carbons (Fsp3) is 0.471.